The summed E-state index contributed by atoms with van der Waals surface area (Å²) in [5.41, 5.74) is 2.13. The van der Waals surface area contributed by atoms with Gasteiger partial charge < -0.3 is 33.2 Å². The van der Waals surface area contributed by atoms with Crippen molar-refractivity contribution < 1.29 is 33.2 Å². The van der Waals surface area contributed by atoms with Gasteiger partial charge in [-0.1, -0.05) is 77.6 Å². The number of benzene rings is 2. The first-order valence-corrected chi connectivity index (χ1v) is 18.7. The van der Waals surface area contributed by atoms with Gasteiger partial charge in [-0.05, 0) is 66.5 Å². The average Bonchev–Trinajstić information content (AvgIpc) is 3.50. The van der Waals surface area contributed by atoms with Crippen molar-refractivity contribution in [2.45, 2.75) is 116 Å². The molecule has 4 rings (SSSR count). The molecule has 262 valence electrons. The maximum Gasteiger partial charge on any atom is 0.188 e. The molecule has 0 bridgehead atoms. The van der Waals surface area contributed by atoms with Crippen LogP contribution in [0.1, 0.15) is 101 Å². The molecule has 3 aromatic rings. The Morgan fingerprint density at radius 2 is 1.38 bits per heavy atom. The van der Waals surface area contributed by atoms with Crippen molar-refractivity contribution in [1.82, 2.24) is 0 Å². The quantitative estimate of drug-likeness (QED) is 0.0736. The van der Waals surface area contributed by atoms with E-state index >= 15 is 0 Å². The molecule has 1 aliphatic heterocycles. The van der Waals surface area contributed by atoms with Gasteiger partial charge in [0.25, 0.3) is 0 Å². The number of ether oxygens (including phenoxy) is 7. The highest BCUT2D eigenvalue weighted by atomic mass is 32.1. The third kappa shape index (κ3) is 11.2. The zero-order chi connectivity index (χ0) is 33.3. The summed E-state index contributed by atoms with van der Waals surface area (Å²) in [7, 11) is 1.65. The van der Waals surface area contributed by atoms with E-state index < -0.39 is 0 Å². The van der Waals surface area contributed by atoms with E-state index in [4.69, 9.17) is 33.2 Å². The first kappa shape index (κ1) is 37.8. The molecule has 1 fully saturated rings. The van der Waals surface area contributed by atoms with Gasteiger partial charge in [-0.15, -0.1) is 11.3 Å². The first-order chi connectivity index (χ1) is 23.1. The molecule has 1 aromatic heterocycles. The average molecular weight is 671 g/mol. The Kier molecular flexibility index (Phi) is 17.0. The standard InChI is InChI=1S/C39H58O7S/c1-6-10-20-41-27-34-37(42-21-11-7-2)39(44-23-13-9-4)38(43-22-12-8-3)36(46-34)30-18-19-33(45-28-40-5)31(24-30)26-32-25-29-16-14-15-17-35(29)47-32/h14-19,24-25,34,36-39H,6-13,20-23,26-28H2,1-5H3/t34-,36+,37-,38+,39+/m1/s1. The highest BCUT2D eigenvalue weighted by Crippen LogP contribution is 2.40. The SMILES string of the molecule is CCCCOC[C@H]1O[C@@H](c2ccc(OCOC)c(Cc3cc4ccccc4s3)c2)[C@H](OCCCC)[C@@H](OCCCC)[C@@H]1OCCCC. The summed E-state index contributed by atoms with van der Waals surface area (Å²) in [4.78, 5) is 1.28. The number of hydrogen-bond acceptors (Lipinski definition) is 8. The van der Waals surface area contributed by atoms with Crippen molar-refractivity contribution in [1.29, 1.82) is 0 Å². The lowest BCUT2D eigenvalue weighted by Gasteiger charge is -2.46. The van der Waals surface area contributed by atoms with Gasteiger partial charge in [0.15, 0.2) is 6.79 Å². The smallest absolute Gasteiger partial charge is 0.188 e. The molecule has 0 spiro atoms. The lowest BCUT2D eigenvalue weighted by atomic mass is 9.89. The van der Waals surface area contributed by atoms with Gasteiger partial charge in [0, 0.05) is 49.5 Å². The largest absolute Gasteiger partial charge is 0.467 e. The number of hydrogen-bond donors (Lipinski definition) is 0. The van der Waals surface area contributed by atoms with E-state index in [2.05, 4.69) is 70.2 Å². The molecule has 5 atom stereocenters. The van der Waals surface area contributed by atoms with Crippen LogP contribution < -0.4 is 4.74 Å². The maximum absolute atomic E-state index is 7.03. The Hall–Kier alpha value is -2.04. The van der Waals surface area contributed by atoms with Crippen molar-refractivity contribution >= 4 is 21.4 Å². The molecule has 2 heterocycles. The Labute approximate surface area is 287 Å². The Balaban J connectivity index is 1.72. The molecule has 1 aliphatic rings. The first-order valence-electron chi connectivity index (χ1n) is 17.9. The summed E-state index contributed by atoms with van der Waals surface area (Å²) in [6.45, 7) is 12.0. The van der Waals surface area contributed by atoms with Crippen LogP contribution in [0.5, 0.6) is 5.75 Å². The number of thiophene rings is 1. The summed E-state index contributed by atoms with van der Waals surface area (Å²) in [5, 5.41) is 1.26. The Bertz CT molecular complexity index is 1250. The van der Waals surface area contributed by atoms with Gasteiger partial charge in [0.1, 0.15) is 36.3 Å². The second kappa shape index (κ2) is 21.1. The van der Waals surface area contributed by atoms with E-state index in [1.54, 1.807) is 7.11 Å². The van der Waals surface area contributed by atoms with E-state index in [9.17, 15) is 0 Å². The molecule has 0 N–H and O–H groups in total. The van der Waals surface area contributed by atoms with Crippen LogP contribution in [0.15, 0.2) is 48.5 Å². The topological polar surface area (TPSA) is 64.6 Å². The molecule has 47 heavy (non-hydrogen) atoms. The van der Waals surface area contributed by atoms with Gasteiger partial charge in [0.2, 0.25) is 0 Å². The van der Waals surface area contributed by atoms with E-state index in [1.165, 1.54) is 15.0 Å². The zero-order valence-corrected chi connectivity index (χ0v) is 30.2. The minimum Gasteiger partial charge on any atom is -0.467 e. The highest BCUT2D eigenvalue weighted by molar-refractivity contribution is 7.19. The van der Waals surface area contributed by atoms with Crippen molar-refractivity contribution in [3.8, 4) is 5.75 Å². The van der Waals surface area contributed by atoms with Crippen molar-refractivity contribution in [2.75, 3.05) is 46.9 Å². The molecule has 2 aromatic carbocycles. The molecule has 0 amide bonds. The third-order valence-electron chi connectivity index (χ3n) is 8.57. The number of rotatable bonds is 23. The lowest BCUT2D eigenvalue weighted by molar-refractivity contribution is -0.268. The summed E-state index contributed by atoms with van der Waals surface area (Å²) in [6.07, 6.45) is 7.38. The van der Waals surface area contributed by atoms with Crippen molar-refractivity contribution in [3.05, 3.63) is 64.5 Å². The van der Waals surface area contributed by atoms with Crippen LogP contribution in [0.2, 0.25) is 0 Å². The van der Waals surface area contributed by atoms with Crippen molar-refractivity contribution in [2.24, 2.45) is 0 Å². The number of unbranched alkanes of at least 4 members (excludes halogenated alkanes) is 4. The molecule has 0 aliphatic carbocycles. The fourth-order valence-corrected chi connectivity index (χ4v) is 7.00. The van der Waals surface area contributed by atoms with Gasteiger partial charge in [-0.3, -0.25) is 0 Å². The van der Waals surface area contributed by atoms with Gasteiger partial charge in [-0.2, -0.15) is 0 Å². The highest BCUT2D eigenvalue weighted by Gasteiger charge is 2.48. The van der Waals surface area contributed by atoms with Crippen LogP contribution in [0.4, 0.5) is 0 Å². The van der Waals surface area contributed by atoms with Gasteiger partial charge in [-0.25, -0.2) is 0 Å². The molecular formula is C39H58O7S. The summed E-state index contributed by atoms with van der Waals surface area (Å²) >= 11 is 1.82. The molecule has 7 nitrogen and oxygen atoms in total. The van der Waals surface area contributed by atoms with E-state index in [0.29, 0.717) is 33.0 Å². The third-order valence-corrected chi connectivity index (χ3v) is 9.69. The van der Waals surface area contributed by atoms with E-state index in [-0.39, 0.29) is 37.3 Å². The molecular weight excluding hydrogens is 612 g/mol. The number of methoxy groups -OCH3 is 1. The normalized spacial score (nSPS) is 21.4. The van der Waals surface area contributed by atoms with Crippen LogP contribution in [0.25, 0.3) is 10.1 Å². The fraction of sp³-hybridized carbons (Fsp3) is 0.641. The monoisotopic (exact) mass is 670 g/mol. The molecule has 0 saturated carbocycles. The fourth-order valence-electron chi connectivity index (χ4n) is 5.92. The van der Waals surface area contributed by atoms with E-state index in [0.717, 1.165) is 74.7 Å². The predicted molar refractivity (Wildman–Crippen MR) is 191 cm³/mol. The van der Waals surface area contributed by atoms with Crippen LogP contribution in [0, 0.1) is 0 Å². The van der Waals surface area contributed by atoms with Crippen LogP contribution in [-0.4, -0.2) is 71.4 Å². The second-order valence-corrected chi connectivity index (χ2v) is 13.6. The minimum atomic E-state index is -0.359. The van der Waals surface area contributed by atoms with E-state index in [1.807, 2.05) is 17.4 Å². The summed E-state index contributed by atoms with van der Waals surface area (Å²) in [5.74, 6) is 0.809. The van der Waals surface area contributed by atoms with Gasteiger partial charge in [0.05, 0.1) is 6.61 Å². The lowest BCUT2D eigenvalue weighted by Crippen LogP contribution is -2.58. The van der Waals surface area contributed by atoms with Crippen LogP contribution in [-0.2, 0) is 34.8 Å². The Morgan fingerprint density at radius 1 is 0.723 bits per heavy atom. The zero-order valence-electron chi connectivity index (χ0n) is 29.4. The molecule has 8 heteroatoms. The second-order valence-electron chi connectivity index (χ2n) is 12.4. The van der Waals surface area contributed by atoms with Crippen LogP contribution >= 0.6 is 11.3 Å². The maximum atomic E-state index is 7.03. The minimum absolute atomic E-state index is 0.183. The molecule has 0 unspecified atom stereocenters. The van der Waals surface area contributed by atoms with Crippen molar-refractivity contribution in [3.63, 3.8) is 0 Å². The number of fused-ring (bicyclic) bond motifs is 1. The molecule has 1 saturated heterocycles. The summed E-state index contributed by atoms with van der Waals surface area (Å²) in [6, 6.07) is 17.2. The molecule has 0 radical (unpaired) electrons. The van der Waals surface area contributed by atoms with Crippen LogP contribution in [0.3, 0.4) is 0 Å². The predicted octanol–water partition coefficient (Wildman–Crippen LogP) is 9.29. The Morgan fingerprint density at radius 3 is 2.06 bits per heavy atom. The van der Waals surface area contributed by atoms with Gasteiger partial charge >= 0.3 is 0 Å². The summed E-state index contributed by atoms with van der Waals surface area (Å²) < 4.78 is 46.0.